The van der Waals surface area contributed by atoms with Gasteiger partial charge < -0.3 is 4.74 Å². The number of nitrogens with zero attached hydrogens (tertiary/aromatic N) is 1. The molecule has 0 spiro atoms. The van der Waals surface area contributed by atoms with E-state index in [0.717, 1.165) is 24.7 Å². The van der Waals surface area contributed by atoms with Gasteiger partial charge >= 0.3 is 0 Å². The van der Waals surface area contributed by atoms with Crippen molar-refractivity contribution in [2.75, 3.05) is 0 Å². The molecule has 1 atom stereocenters. The number of carbonyl (C=O) groups excluding carboxylic acids is 1. The van der Waals surface area contributed by atoms with Crippen molar-refractivity contribution in [1.29, 1.82) is 0 Å². The highest BCUT2D eigenvalue weighted by Gasteiger charge is 2.43. The minimum atomic E-state index is -0.441. The van der Waals surface area contributed by atoms with Gasteiger partial charge in [0.25, 0.3) is 0 Å². The molecule has 0 amide bonds. The molecule has 14 heavy (non-hydrogen) atoms. The van der Waals surface area contributed by atoms with Crippen molar-refractivity contribution in [1.82, 2.24) is 0 Å². The van der Waals surface area contributed by atoms with Crippen molar-refractivity contribution in [2.24, 2.45) is 4.99 Å². The summed E-state index contributed by atoms with van der Waals surface area (Å²) in [6, 6.07) is 0. The average Bonchev–Trinajstić information content (AvgIpc) is 2.57. The van der Waals surface area contributed by atoms with E-state index in [-0.39, 0.29) is 5.54 Å². The second-order valence-electron chi connectivity index (χ2n) is 3.68. The molecule has 0 aromatic heterocycles. The summed E-state index contributed by atoms with van der Waals surface area (Å²) in [6.07, 6.45) is 2.02. The lowest BCUT2D eigenvalue weighted by Gasteiger charge is -2.24. The lowest BCUT2D eigenvalue weighted by molar-refractivity contribution is -0.115. The van der Waals surface area contributed by atoms with Gasteiger partial charge in [-0.25, -0.2) is 4.99 Å². The molecule has 0 bridgehead atoms. The third-order valence-electron chi connectivity index (χ3n) is 2.81. The molecule has 1 rings (SSSR count). The summed E-state index contributed by atoms with van der Waals surface area (Å²) in [7, 11) is 0. The van der Waals surface area contributed by atoms with Crippen LogP contribution in [0.2, 0.25) is 0 Å². The Morgan fingerprint density at radius 2 is 2.21 bits per heavy atom. The monoisotopic (exact) mass is 195 g/mol. The van der Waals surface area contributed by atoms with E-state index in [1.165, 1.54) is 0 Å². The molecule has 0 aromatic rings. The molecule has 0 N–H and O–H groups in total. The molecule has 0 saturated carbocycles. The van der Waals surface area contributed by atoms with Crippen LogP contribution < -0.4 is 0 Å². The Balaban J connectivity index is 3.01. The number of carbonyl (C=O) groups is 1. The number of aliphatic imine (C=N–C) groups is 1. The van der Waals surface area contributed by atoms with Crippen molar-refractivity contribution < 1.29 is 9.53 Å². The van der Waals surface area contributed by atoms with Gasteiger partial charge in [0.05, 0.1) is 0 Å². The van der Waals surface area contributed by atoms with Crippen LogP contribution in [0.15, 0.2) is 17.1 Å². The molecule has 3 nitrogen and oxygen atoms in total. The van der Waals surface area contributed by atoms with Crippen LogP contribution in [0.4, 0.5) is 0 Å². The van der Waals surface area contributed by atoms with Gasteiger partial charge in [-0.15, -0.1) is 0 Å². The van der Waals surface area contributed by atoms with Gasteiger partial charge in [0.2, 0.25) is 5.90 Å². The third-order valence-corrected chi connectivity index (χ3v) is 2.81. The predicted molar refractivity (Wildman–Crippen MR) is 56.5 cm³/mol. The SMILES string of the molecule is C=C(C)C1=NC(CC)(CC)C(C=O)O1. The van der Waals surface area contributed by atoms with Gasteiger partial charge in [0, 0.05) is 5.57 Å². The zero-order valence-corrected chi connectivity index (χ0v) is 9.04. The fourth-order valence-corrected chi connectivity index (χ4v) is 1.68. The van der Waals surface area contributed by atoms with Gasteiger partial charge in [0.15, 0.2) is 12.4 Å². The van der Waals surface area contributed by atoms with E-state index in [4.69, 9.17) is 4.74 Å². The third kappa shape index (κ3) is 1.59. The quantitative estimate of drug-likeness (QED) is 0.644. The summed E-state index contributed by atoms with van der Waals surface area (Å²) in [5.41, 5.74) is 0.413. The lowest BCUT2D eigenvalue weighted by Crippen LogP contribution is -2.38. The summed E-state index contributed by atoms with van der Waals surface area (Å²) < 4.78 is 5.45. The Morgan fingerprint density at radius 1 is 1.64 bits per heavy atom. The van der Waals surface area contributed by atoms with Gasteiger partial charge in [0.1, 0.15) is 5.54 Å². The Labute approximate surface area is 84.9 Å². The van der Waals surface area contributed by atoms with Crippen LogP contribution in [-0.2, 0) is 9.53 Å². The van der Waals surface area contributed by atoms with Crippen LogP contribution in [0.3, 0.4) is 0 Å². The fourth-order valence-electron chi connectivity index (χ4n) is 1.68. The summed E-state index contributed by atoms with van der Waals surface area (Å²) in [5.74, 6) is 0.533. The van der Waals surface area contributed by atoms with Crippen LogP contribution >= 0.6 is 0 Å². The highest BCUT2D eigenvalue weighted by molar-refractivity contribution is 5.95. The molecule has 3 heteroatoms. The lowest BCUT2D eigenvalue weighted by atomic mass is 9.88. The van der Waals surface area contributed by atoms with E-state index < -0.39 is 6.10 Å². The first kappa shape index (κ1) is 11.0. The topological polar surface area (TPSA) is 38.7 Å². The second-order valence-corrected chi connectivity index (χ2v) is 3.68. The highest BCUT2D eigenvalue weighted by atomic mass is 16.5. The van der Waals surface area contributed by atoms with Gasteiger partial charge in [-0.3, -0.25) is 4.79 Å². The largest absolute Gasteiger partial charge is 0.464 e. The molecule has 1 unspecified atom stereocenters. The van der Waals surface area contributed by atoms with Crippen molar-refractivity contribution in [3.8, 4) is 0 Å². The van der Waals surface area contributed by atoms with E-state index in [2.05, 4.69) is 11.6 Å². The number of hydrogen-bond acceptors (Lipinski definition) is 3. The maximum absolute atomic E-state index is 10.9. The summed E-state index contributed by atoms with van der Waals surface area (Å²) in [6.45, 7) is 9.65. The van der Waals surface area contributed by atoms with Crippen LogP contribution in [-0.4, -0.2) is 23.8 Å². The second kappa shape index (κ2) is 3.95. The van der Waals surface area contributed by atoms with E-state index in [9.17, 15) is 4.79 Å². The molecule has 0 radical (unpaired) electrons. The van der Waals surface area contributed by atoms with Crippen LogP contribution in [0.25, 0.3) is 0 Å². The molecule has 1 heterocycles. The number of hydrogen-bond donors (Lipinski definition) is 0. The summed E-state index contributed by atoms with van der Waals surface area (Å²) in [4.78, 5) is 15.4. The van der Waals surface area contributed by atoms with Crippen LogP contribution in [0, 0.1) is 0 Å². The summed E-state index contributed by atoms with van der Waals surface area (Å²) in [5, 5.41) is 0. The molecule has 1 aliphatic rings. The Kier molecular flexibility index (Phi) is 3.09. The molecular weight excluding hydrogens is 178 g/mol. The van der Waals surface area contributed by atoms with Gasteiger partial charge in [-0.1, -0.05) is 20.4 Å². The summed E-state index contributed by atoms with van der Waals surface area (Å²) >= 11 is 0. The van der Waals surface area contributed by atoms with E-state index in [1.807, 2.05) is 20.8 Å². The first-order valence-electron chi connectivity index (χ1n) is 4.97. The first-order valence-corrected chi connectivity index (χ1v) is 4.97. The van der Waals surface area contributed by atoms with Crippen molar-refractivity contribution in [2.45, 2.75) is 45.3 Å². The number of rotatable bonds is 4. The standard InChI is InChI=1S/C11H17NO2/c1-5-11(6-2)9(7-13)14-10(12-11)8(3)4/h7,9H,3,5-6H2,1-2,4H3. The minimum absolute atomic E-state index is 0.365. The first-order chi connectivity index (χ1) is 6.59. The molecule has 0 fully saturated rings. The highest BCUT2D eigenvalue weighted by Crippen LogP contribution is 2.32. The molecule has 1 aliphatic heterocycles. The smallest absolute Gasteiger partial charge is 0.212 e. The van der Waals surface area contributed by atoms with Gasteiger partial charge in [-0.05, 0) is 19.8 Å². The fraction of sp³-hybridized carbons (Fsp3) is 0.636. The minimum Gasteiger partial charge on any atom is -0.464 e. The van der Waals surface area contributed by atoms with Crippen molar-refractivity contribution >= 4 is 12.2 Å². The van der Waals surface area contributed by atoms with Gasteiger partial charge in [-0.2, -0.15) is 0 Å². The maximum Gasteiger partial charge on any atom is 0.212 e. The number of ether oxygens (including phenoxy) is 1. The Bertz CT molecular complexity index is 277. The Hall–Kier alpha value is -1.12. The number of aldehydes is 1. The molecular formula is C11H17NO2. The molecule has 78 valence electrons. The Morgan fingerprint density at radius 3 is 2.50 bits per heavy atom. The normalized spacial score (nSPS) is 23.9. The van der Waals surface area contributed by atoms with Crippen LogP contribution in [0.1, 0.15) is 33.6 Å². The average molecular weight is 195 g/mol. The van der Waals surface area contributed by atoms with E-state index in [1.54, 1.807) is 0 Å². The van der Waals surface area contributed by atoms with Crippen molar-refractivity contribution in [3.05, 3.63) is 12.2 Å². The maximum atomic E-state index is 10.9. The van der Waals surface area contributed by atoms with Crippen LogP contribution in [0.5, 0.6) is 0 Å². The van der Waals surface area contributed by atoms with Crippen molar-refractivity contribution in [3.63, 3.8) is 0 Å². The molecule has 0 aliphatic carbocycles. The van der Waals surface area contributed by atoms with E-state index in [0.29, 0.717) is 5.90 Å². The van der Waals surface area contributed by atoms with E-state index >= 15 is 0 Å². The molecule has 0 saturated heterocycles. The predicted octanol–water partition coefficient (Wildman–Crippen LogP) is 2.12. The zero-order valence-electron chi connectivity index (χ0n) is 9.04. The molecule has 0 aromatic carbocycles. The zero-order chi connectivity index (χ0) is 10.8.